The smallest absolute Gasteiger partial charge is 0.190 e. The van der Waals surface area contributed by atoms with Crippen LogP contribution < -0.4 is 0 Å². The third kappa shape index (κ3) is 1.83. The highest BCUT2D eigenvalue weighted by Gasteiger charge is 2.19. The van der Waals surface area contributed by atoms with Gasteiger partial charge in [-0.2, -0.15) is 0 Å². The van der Waals surface area contributed by atoms with Gasteiger partial charge in [-0.25, -0.2) is 0 Å². The quantitative estimate of drug-likeness (QED) is 0.608. The number of aromatic amines is 1. The Bertz CT molecular complexity index is 969. The number of nitrogens with zero attached hydrogens (tertiary/aromatic N) is 2. The monoisotopic (exact) mass is 293 g/mol. The molecule has 3 aromatic heterocycles. The van der Waals surface area contributed by atoms with Gasteiger partial charge in [-0.1, -0.05) is 23.4 Å². The molecular weight excluding hydrogens is 278 g/mol. The maximum atomic E-state index is 9.26. The second-order valence-corrected chi connectivity index (χ2v) is 5.30. The number of aliphatic hydroxyl groups excluding tert-OH is 1. The molecule has 4 aromatic rings. The van der Waals surface area contributed by atoms with Gasteiger partial charge in [0.25, 0.3) is 0 Å². The van der Waals surface area contributed by atoms with Gasteiger partial charge in [0.15, 0.2) is 5.76 Å². The maximum Gasteiger partial charge on any atom is 0.190 e. The summed E-state index contributed by atoms with van der Waals surface area (Å²) in [6.07, 6.45) is 2.28. The molecule has 3 heterocycles. The number of aryl methyl sites for hydroxylation is 1. The lowest BCUT2D eigenvalue weighted by atomic mass is 10.1. The predicted molar refractivity (Wildman–Crippen MR) is 84.6 cm³/mol. The first-order valence-corrected chi connectivity index (χ1v) is 7.21. The van der Waals surface area contributed by atoms with Crippen LogP contribution in [-0.4, -0.2) is 26.8 Å². The first kappa shape index (κ1) is 13.0. The van der Waals surface area contributed by atoms with Crippen molar-refractivity contribution in [3.8, 4) is 11.5 Å². The van der Waals surface area contributed by atoms with Crippen LogP contribution in [-0.2, 0) is 6.42 Å². The summed E-state index contributed by atoms with van der Waals surface area (Å²) < 4.78 is 5.49. The topological polar surface area (TPSA) is 74.9 Å². The molecule has 0 radical (unpaired) electrons. The van der Waals surface area contributed by atoms with Gasteiger partial charge in [-0.3, -0.25) is 4.98 Å². The van der Waals surface area contributed by atoms with Crippen LogP contribution >= 0.6 is 0 Å². The van der Waals surface area contributed by atoms with Gasteiger partial charge < -0.3 is 14.6 Å². The Labute approximate surface area is 126 Å². The van der Waals surface area contributed by atoms with Crippen LogP contribution in [0.4, 0.5) is 0 Å². The number of hydrogen-bond acceptors (Lipinski definition) is 4. The number of hydrogen-bond donors (Lipinski definition) is 2. The third-order valence-corrected chi connectivity index (χ3v) is 3.99. The molecule has 2 N–H and O–H groups in total. The van der Waals surface area contributed by atoms with Gasteiger partial charge in [0.05, 0.1) is 11.2 Å². The van der Waals surface area contributed by atoms with Gasteiger partial charge in [0.1, 0.15) is 5.69 Å². The summed E-state index contributed by atoms with van der Waals surface area (Å²) in [5.41, 5.74) is 4.42. The van der Waals surface area contributed by atoms with Crippen LogP contribution in [0.5, 0.6) is 0 Å². The van der Waals surface area contributed by atoms with Crippen LogP contribution in [0.1, 0.15) is 11.3 Å². The molecule has 0 spiro atoms. The molecule has 110 valence electrons. The Morgan fingerprint density at radius 3 is 2.91 bits per heavy atom. The van der Waals surface area contributed by atoms with Gasteiger partial charge >= 0.3 is 0 Å². The first-order chi connectivity index (χ1) is 10.8. The number of fused-ring (bicyclic) bond motifs is 3. The Balaban J connectivity index is 2.03. The minimum atomic E-state index is 0.0533. The molecule has 0 aliphatic rings. The predicted octanol–water partition coefficient (Wildman–Crippen LogP) is 3.21. The van der Waals surface area contributed by atoms with E-state index < -0.39 is 0 Å². The van der Waals surface area contributed by atoms with Crippen molar-refractivity contribution in [2.24, 2.45) is 0 Å². The van der Waals surface area contributed by atoms with E-state index in [1.807, 2.05) is 31.2 Å². The van der Waals surface area contributed by atoms with E-state index in [2.05, 4.69) is 21.2 Å². The Kier molecular flexibility index (Phi) is 2.94. The number of rotatable bonds is 3. The average molecular weight is 293 g/mol. The maximum absolute atomic E-state index is 9.26. The molecule has 0 aliphatic carbocycles. The number of benzene rings is 1. The third-order valence-electron chi connectivity index (χ3n) is 3.99. The van der Waals surface area contributed by atoms with Crippen molar-refractivity contribution >= 4 is 21.8 Å². The van der Waals surface area contributed by atoms with E-state index in [4.69, 9.17) is 4.52 Å². The van der Waals surface area contributed by atoms with Gasteiger partial charge in [-0.15, -0.1) is 0 Å². The van der Waals surface area contributed by atoms with Crippen LogP contribution in [0.25, 0.3) is 33.3 Å². The van der Waals surface area contributed by atoms with E-state index in [0.717, 1.165) is 38.8 Å². The lowest BCUT2D eigenvalue weighted by Gasteiger charge is -2.01. The van der Waals surface area contributed by atoms with Crippen LogP contribution in [0, 0.1) is 6.92 Å². The van der Waals surface area contributed by atoms with Crippen molar-refractivity contribution in [1.29, 1.82) is 0 Å². The summed E-state index contributed by atoms with van der Waals surface area (Å²) in [6, 6.07) is 10.1. The second-order valence-electron chi connectivity index (χ2n) is 5.30. The second kappa shape index (κ2) is 4.96. The summed E-state index contributed by atoms with van der Waals surface area (Å²) >= 11 is 0. The molecule has 0 aliphatic heterocycles. The number of aliphatic hydroxyl groups is 1. The first-order valence-electron chi connectivity index (χ1n) is 7.21. The highest BCUT2D eigenvalue weighted by Crippen LogP contribution is 2.33. The number of H-pyrrole nitrogens is 1. The molecular formula is C17H15N3O2. The molecule has 4 rings (SSSR count). The van der Waals surface area contributed by atoms with Crippen molar-refractivity contribution < 1.29 is 9.63 Å². The number of para-hydroxylation sites is 1. The fourth-order valence-corrected chi connectivity index (χ4v) is 2.93. The molecule has 0 bridgehead atoms. The van der Waals surface area contributed by atoms with E-state index in [-0.39, 0.29) is 6.61 Å². The molecule has 0 saturated carbocycles. The summed E-state index contributed by atoms with van der Waals surface area (Å²) in [5.74, 6) is 0.628. The minimum Gasteiger partial charge on any atom is -0.396 e. The van der Waals surface area contributed by atoms with Crippen molar-refractivity contribution in [2.75, 3.05) is 6.61 Å². The Hall–Kier alpha value is -2.66. The summed E-state index contributed by atoms with van der Waals surface area (Å²) in [7, 11) is 0. The van der Waals surface area contributed by atoms with Crippen molar-refractivity contribution in [3.05, 3.63) is 47.8 Å². The average Bonchev–Trinajstić information content (AvgIpc) is 3.09. The minimum absolute atomic E-state index is 0.0533. The molecule has 0 atom stereocenters. The zero-order valence-corrected chi connectivity index (χ0v) is 12.1. The van der Waals surface area contributed by atoms with Gasteiger partial charge in [0.2, 0.25) is 0 Å². The molecule has 0 amide bonds. The highest BCUT2D eigenvalue weighted by atomic mass is 16.5. The zero-order chi connectivity index (χ0) is 15.1. The zero-order valence-electron chi connectivity index (χ0n) is 12.1. The van der Waals surface area contributed by atoms with Crippen LogP contribution in [0.3, 0.4) is 0 Å². The lowest BCUT2D eigenvalue weighted by molar-refractivity contribution is 0.299. The van der Waals surface area contributed by atoms with Crippen molar-refractivity contribution in [3.63, 3.8) is 0 Å². The summed E-state index contributed by atoms with van der Waals surface area (Å²) in [5, 5.41) is 15.6. The highest BCUT2D eigenvalue weighted by molar-refractivity contribution is 6.10. The lowest BCUT2D eigenvalue weighted by Crippen LogP contribution is -1.95. The Morgan fingerprint density at radius 1 is 1.18 bits per heavy atom. The molecule has 0 unspecified atom stereocenters. The number of aromatic nitrogens is 3. The SMILES string of the molecule is Cc1noc(-c2nccc3c2[nH]c2ccccc23)c1CCO. The molecule has 5 heteroatoms. The summed E-state index contributed by atoms with van der Waals surface area (Å²) in [4.78, 5) is 7.89. The van der Waals surface area contributed by atoms with Crippen LogP contribution in [0.2, 0.25) is 0 Å². The van der Waals surface area contributed by atoms with Crippen LogP contribution in [0.15, 0.2) is 41.1 Å². The molecule has 0 saturated heterocycles. The van der Waals surface area contributed by atoms with E-state index in [9.17, 15) is 5.11 Å². The van der Waals surface area contributed by atoms with Gasteiger partial charge in [-0.05, 0) is 19.1 Å². The fourth-order valence-electron chi connectivity index (χ4n) is 2.93. The molecule has 1 aromatic carbocycles. The number of pyridine rings is 1. The fraction of sp³-hybridized carbons (Fsp3) is 0.176. The van der Waals surface area contributed by atoms with Gasteiger partial charge in [0, 0.05) is 41.1 Å². The van der Waals surface area contributed by atoms with E-state index in [1.165, 1.54) is 0 Å². The largest absolute Gasteiger partial charge is 0.396 e. The van der Waals surface area contributed by atoms with Crippen molar-refractivity contribution in [1.82, 2.24) is 15.1 Å². The standard InChI is InChI=1S/C17H15N3O2/c1-10-11(7-9-21)17(22-20-10)16-15-13(6-8-18-16)12-4-2-3-5-14(12)19-15/h2-6,8,19,21H,7,9H2,1H3. The molecule has 22 heavy (non-hydrogen) atoms. The van der Waals surface area contributed by atoms with Crippen molar-refractivity contribution in [2.45, 2.75) is 13.3 Å². The van der Waals surface area contributed by atoms with E-state index in [0.29, 0.717) is 12.2 Å². The van der Waals surface area contributed by atoms with E-state index >= 15 is 0 Å². The van der Waals surface area contributed by atoms with E-state index in [1.54, 1.807) is 6.20 Å². The number of nitrogens with one attached hydrogen (secondary N) is 1. The molecule has 5 nitrogen and oxygen atoms in total. The summed E-state index contributed by atoms with van der Waals surface area (Å²) in [6.45, 7) is 1.93. The normalized spacial score (nSPS) is 11.5. The molecule has 0 fully saturated rings. The Morgan fingerprint density at radius 2 is 2.05 bits per heavy atom.